The van der Waals surface area contributed by atoms with Gasteiger partial charge in [-0.1, -0.05) is 0 Å². The second-order valence-electron chi connectivity index (χ2n) is 10.1. The average Bonchev–Trinajstić information content (AvgIpc) is 3.54. The molecule has 0 fully saturated rings. The summed E-state index contributed by atoms with van der Waals surface area (Å²) < 4.78 is 15.6. The maximum absolute atomic E-state index is 13.2. The van der Waals surface area contributed by atoms with Crippen LogP contribution in [0.5, 0.6) is 0 Å². The van der Waals surface area contributed by atoms with Crippen molar-refractivity contribution in [1.82, 2.24) is 20.3 Å². The first-order valence-corrected chi connectivity index (χ1v) is 14.3. The number of anilines is 3. The largest absolute Gasteiger partial charge is 0.466 e. The summed E-state index contributed by atoms with van der Waals surface area (Å²) in [4.78, 5) is 63.5. The molecular weight excluding hydrogens is 566 g/mol. The maximum atomic E-state index is 13.2. The van der Waals surface area contributed by atoms with Crippen LogP contribution in [0.1, 0.15) is 62.7 Å². The smallest absolute Gasteiger partial charge is 0.415 e. The van der Waals surface area contributed by atoms with Gasteiger partial charge >= 0.3 is 18.0 Å². The summed E-state index contributed by atoms with van der Waals surface area (Å²) in [5.41, 5.74) is 12.2. The molecule has 15 heteroatoms. The van der Waals surface area contributed by atoms with Gasteiger partial charge in [0.15, 0.2) is 0 Å². The third-order valence-electron chi connectivity index (χ3n) is 5.78. The normalized spacial score (nSPS) is 12.0. The Bertz CT molecular complexity index is 1430. The number of esters is 2. The standard InChI is InChI=1S/C27H37N7O7S/c1-6-39-19(35)11-8-16(24(37)40-7-2)31-23(36)17-9-10-18(42-17)34(26(38)41-27(3,4)5)13-12-15-14-30-22-20(15)21(28)32-25(29)33-22/h9-10,14,16H,6-8,11-13H2,1-5H3,(H,31,36)(H5,28,29,30,32,33)/t16-/m0/s1. The van der Waals surface area contributed by atoms with Crippen LogP contribution in [-0.2, 0) is 30.2 Å². The molecule has 3 heterocycles. The van der Waals surface area contributed by atoms with Crippen LogP contribution in [0.4, 0.5) is 21.6 Å². The van der Waals surface area contributed by atoms with Gasteiger partial charge in [-0.25, -0.2) is 9.59 Å². The number of H-pyrrole nitrogens is 1. The molecule has 0 saturated carbocycles. The van der Waals surface area contributed by atoms with Gasteiger partial charge in [0, 0.05) is 19.2 Å². The van der Waals surface area contributed by atoms with Crippen molar-refractivity contribution in [3.05, 3.63) is 28.8 Å². The monoisotopic (exact) mass is 603 g/mol. The van der Waals surface area contributed by atoms with Crippen molar-refractivity contribution in [2.24, 2.45) is 0 Å². The number of nitrogens with one attached hydrogen (secondary N) is 2. The van der Waals surface area contributed by atoms with Crippen LogP contribution < -0.4 is 21.7 Å². The number of carbonyl (C=O) groups is 4. The first-order chi connectivity index (χ1) is 19.8. The highest BCUT2D eigenvalue weighted by molar-refractivity contribution is 7.18. The summed E-state index contributed by atoms with van der Waals surface area (Å²) in [7, 11) is 0. The molecule has 0 aromatic carbocycles. The molecule has 0 spiro atoms. The number of carbonyl (C=O) groups excluding carboxylic acids is 4. The second-order valence-corrected chi connectivity index (χ2v) is 11.2. The summed E-state index contributed by atoms with van der Waals surface area (Å²) in [6, 6.07) is 2.10. The van der Waals surface area contributed by atoms with Crippen molar-refractivity contribution in [3.63, 3.8) is 0 Å². The quantitative estimate of drug-likeness (QED) is 0.175. The Hall–Kier alpha value is -4.40. The van der Waals surface area contributed by atoms with E-state index in [1.807, 2.05) is 0 Å². The van der Waals surface area contributed by atoms with Gasteiger partial charge in [0.2, 0.25) is 5.95 Å². The predicted octanol–water partition coefficient (Wildman–Crippen LogP) is 3.17. The second kappa shape index (κ2) is 14.0. The van der Waals surface area contributed by atoms with Crippen molar-refractivity contribution in [1.29, 1.82) is 0 Å². The van der Waals surface area contributed by atoms with E-state index in [-0.39, 0.29) is 49.2 Å². The van der Waals surface area contributed by atoms with Crippen LogP contribution in [0.15, 0.2) is 18.3 Å². The first-order valence-electron chi connectivity index (χ1n) is 13.4. The van der Waals surface area contributed by atoms with E-state index in [9.17, 15) is 19.2 Å². The fourth-order valence-electron chi connectivity index (χ4n) is 3.99. The Balaban J connectivity index is 1.81. The highest BCUT2D eigenvalue weighted by atomic mass is 32.1. The minimum Gasteiger partial charge on any atom is -0.466 e. The average molecular weight is 604 g/mol. The zero-order chi connectivity index (χ0) is 31.0. The summed E-state index contributed by atoms with van der Waals surface area (Å²) in [6.45, 7) is 9.08. The SMILES string of the molecule is CCOC(=O)CC[C@H](NC(=O)c1ccc(N(CCc2c[nH]c3nc(N)nc(N)c23)C(=O)OC(C)(C)C)s1)C(=O)OCC. The molecule has 0 aliphatic heterocycles. The number of ether oxygens (including phenoxy) is 3. The first kappa shape index (κ1) is 32.1. The molecule has 42 heavy (non-hydrogen) atoms. The van der Waals surface area contributed by atoms with Gasteiger partial charge in [-0.05, 0) is 65.2 Å². The highest BCUT2D eigenvalue weighted by Gasteiger charge is 2.28. The molecule has 228 valence electrons. The number of amides is 2. The van der Waals surface area contributed by atoms with Gasteiger partial charge < -0.3 is 36.0 Å². The Kier molecular flexibility index (Phi) is 10.7. The van der Waals surface area contributed by atoms with Gasteiger partial charge in [0.1, 0.15) is 28.1 Å². The number of nitrogens with zero attached hydrogens (tertiary/aromatic N) is 3. The molecule has 3 aromatic heterocycles. The highest BCUT2D eigenvalue weighted by Crippen LogP contribution is 2.29. The van der Waals surface area contributed by atoms with Crippen LogP contribution >= 0.6 is 11.3 Å². The Morgan fingerprint density at radius 3 is 2.48 bits per heavy atom. The molecule has 3 rings (SSSR count). The van der Waals surface area contributed by atoms with E-state index >= 15 is 0 Å². The summed E-state index contributed by atoms with van der Waals surface area (Å²) >= 11 is 1.04. The fraction of sp³-hybridized carbons (Fsp3) is 0.481. The number of hydrogen-bond donors (Lipinski definition) is 4. The number of thiophene rings is 1. The molecular formula is C27H37N7O7S. The van der Waals surface area contributed by atoms with Crippen molar-refractivity contribution in [2.45, 2.75) is 65.5 Å². The third-order valence-corrected chi connectivity index (χ3v) is 6.88. The lowest BCUT2D eigenvalue weighted by molar-refractivity contribution is -0.146. The number of nitrogens with two attached hydrogens (primary N) is 2. The van der Waals surface area contributed by atoms with E-state index in [1.165, 1.54) is 4.90 Å². The minimum atomic E-state index is -1.06. The van der Waals surface area contributed by atoms with E-state index in [0.717, 1.165) is 16.9 Å². The topological polar surface area (TPSA) is 205 Å². The van der Waals surface area contributed by atoms with Crippen molar-refractivity contribution in [2.75, 3.05) is 36.1 Å². The van der Waals surface area contributed by atoms with Gasteiger partial charge in [0.25, 0.3) is 5.91 Å². The van der Waals surface area contributed by atoms with Crippen molar-refractivity contribution in [3.8, 4) is 0 Å². The van der Waals surface area contributed by atoms with Gasteiger partial charge in [0.05, 0.1) is 23.5 Å². The summed E-state index contributed by atoms with van der Waals surface area (Å²) in [5, 5.41) is 3.68. The number of aromatic amines is 1. The Morgan fingerprint density at radius 1 is 1.10 bits per heavy atom. The molecule has 0 saturated heterocycles. The number of rotatable bonds is 12. The van der Waals surface area contributed by atoms with Crippen LogP contribution in [-0.4, -0.2) is 70.3 Å². The molecule has 2 amide bonds. The molecule has 6 N–H and O–H groups in total. The lowest BCUT2D eigenvalue weighted by Crippen LogP contribution is -2.42. The fourth-order valence-corrected chi connectivity index (χ4v) is 4.92. The van der Waals surface area contributed by atoms with Crippen LogP contribution in [0.25, 0.3) is 11.0 Å². The van der Waals surface area contributed by atoms with E-state index in [2.05, 4.69) is 20.3 Å². The number of aromatic nitrogens is 3. The lowest BCUT2D eigenvalue weighted by atomic mass is 10.1. The van der Waals surface area contributed by atoms with Crippen LogP contribution in [0.3, 0.4) is 0 Å². The molecule has 0 aliphatic carbocycles. The van der Waals surface area contributed by atoms with Crippen LogP contribution in [0.2, 0.25) is 0 Å². The zero-order valence-electron chi connectivity index (χ0n) is 24.3. The lowest BCUT2D eigenvalue weighted by Gasteiger charge is -2.26. The predicted molar refractivity (Wildman–Crippen MR) is 158 cm³/mol. The van der Waals surface area contributed by atoms with Crippen LogP contribution in [0, 0.1) is 0 Å². The maximum Gasteiger partial charge on any atom is 0.415 e. The number of hydrogen-bond acceptors (Lipinski definition) is 12. The van der Waals surface area contributed by atoms with Crippen molar-refractivity contribution < 1.29 is 33.4 Å². The number of nitrogen functional groups attached to an aromatic ring is 2. The van der Waals surface area contributed by atoms with E-state index in [1.54, 1.807) is 52.9 Å². The van der Waals surface area contributed by atoms with Crippen molar-refractivity contribution >= 4 is 63.1 Å². The molecule has 1 atom stereocenters. The Morgan fingerprint density at radius 2 is 1.81 bits per heavy atom. The molecule has 0 aliphatic rings. The van der Waals surface area contributed by atoms with E-state index in [0.29, 0.717) is 22.5 Å². The molecule has 0 unspecified atom stereocenters. The number of fused-ring (bicyclic) bond motifs is 1. The third kappa shape index (κ3) is 8.55. The molecule has 0 radical (unpaired) electrons. The summed E-state index contributed by atoms with van der Waals surface area (Å²) in [5.74, 6) is -1.45. The van der Waals surface area contributed by atoms with Gasteiger partial charge in [-0.3, -0.25) is 14.5 Å². The minimum absolute atomic E-state index is 0.00872. The molecule has 0 bridgehead atoms. The van der Waals surface area contributed by atoms with E-state index in [4.69, 9.17) is 25.7 Å². The van der Waals surface area contributed by atoms with Gasteiger partial charge in [-0.2, -0.15) is 9.97 Å². The zero-order valence-corrected chi connectivity index (χ0v) is 25.1. The van der Waals surface area contributed by atoms with E-state index < -0.39 is 35.6 Å². The molecule has 14 nitrogen and oxygen atoms in total. The summed E-state index contributed by atoms with van der Waals surface area (Å²) in [6.07, 6.45) is 1.41. The van der Waals surface area contributed by atoms with Gasteiger partial charge in [-0.15, -0.1) is 11.3 Å². The Labute approximate surface area is 247 Å². The molecule has 3 aromatic rings.